The van der Waals surface area contributed by atoms with E-state index in [1.165, 1.54) is 0 Å². The molecule has 1 rings (SSSR count). The van der Waals surface area contributed by atoms with E-state index in [0.29, 0.717) is 22.0 Å². The highest BCUT2D eigenvalue weighted by Gasteiger charge is 2.12. The van der Waals surface area contributed by atoms with Gasteiger partial charge in [-0.3, -0.25) is 4.79 Å². The van der Waals surface area contributed by atoms with Crippen molar-refractivity contribution in [2.45, 2.75) is 19.4 Å². The Morgan fingerprint density at radius 1 is 1.56 bits per heavy atom. The Bertz CT molecular complexity index is 409. The number of halogens is 1. The van der Waals surface area contributed by atoms with Gasteiger partial charge < -0.3 is 11.1 Å². The molecule has 0 fully saturated rings. The zero-order valence-electron chi connectivity index (χ0n) is 8.87. The normalized spacial score (nSPS) is 11.9. The monoisotopic (exact) mass is 256 g/mol. The minimum absolute atomic E-state index is 0.0960. The predicted octanol–water partition coefficient (Wildman–Crippen LogP) is 2.13. The molecule has 0 aliphatic heterocycles. The Morgan fingerprint density at radius 3 is 2.75 bits per heavy atom. The number of nitrogens with two attached hydrogens (primary N) is 1. The Balaban J connectivity index is 2.66. The third-order valence-electron chi connectivity index (χ3n) is 2.00. The molecule has 3 nitrogen and oxygen atoms in total. The minimum Gasteiger partial charge on any atom is -0.393 e. The van der Waals surface area contributed by atoms with E-state index in [2.05, 4.69) is 5.32 Å². The van der Waals surface area contributed by atoms with Gasteiger partial charge in [-0.25, -0.2) is 0 Å². The first kappa shape index (κ1) is 12.9. The van der Waals surface area contributed by atoms with Crippen molar-refractivity contribution in [3.05, 3.63) is 34.9 Å². The number of nitrogens with one attached hydrogen (secondary N) is 1. The lowest BCUT2D eigenvalue weighted by atomic mass is 10.2. The van der Waals surface area contributed by atoms with Crippen LogP contribution in [0.25, 0.3) is 0 Å². The molecule has 0 aromatic heterocycles. The van der Waals surface area contributed by atoms with E-state index in [1.54, 1.807) is 24.3 Å². The fourth-order valence-electron chi connectivity index (χ4n) is 1.30. The summed E-state index contributed by atoms with van der Waals surface area (Å²) in [4.78, 5) is 12.2. The maximum absolute atomic E-state index is 11.8. The summed E-state index contributed by atoms with van der Waals surface area (Å²) in [5.41, 5.74) is 5.85. The van der Waals surface area contributed by atoms with Gasteiger partial charge in [0.15, 0.2) is 0 Å². The number of benzene rings is 1. The fourth-order valence-corrected chi connectivity index (χ4v) is 1.77. The molecule has 1 unspecified atom stereocenters. The second kappa shape index (κ2) is 5.82. The molecule has 0 saturated heterocycles. The van der Waals surface area contributed by atoms with Crippen molar-refractivity contribution in [1.29, 1.82) is 0 Å². The first-order valence-corrected chi connectivity index (χ1v) is 5.63. The average Bonchev–Trinajstić information content (AvgIpc) is 2.16. The quantitative estimate of drug-likeness (QED) is 0.812. The lowest BCUT2D eigenvalue weighted by Crippen LogP contribution is -2.35. The van der Waals surface area contributed by atoms with Crippen LogP contribution >= 0.6 is 23.8 Å². The second-order valence-corrected chi connectivity index (χ2v) is 4.46. The van der Waals surface area contributed by atoms with Gasteiger partial charge in [0.25, 0.3) is 5.91 Å². The van der Waals surface area contributed by atoms with E-state index in [4.69, 9.17) is 29.6 Å². The third-order valence-corrected chi connectivity index (χ3v) is 2.50. The molecule has 0 aliphatic carbocycles. The number of rotatable bonds is 4. The van der Waals surface area contributed by atoms with E-state index in [0.717, 1.165) is 0 Å². The van der Waals surface area contributed by atoms with Crippen LogP contribution in [0.3, 0.4) is 0 Å². The van der Waals surface area contributed by atoms with E-state index >= 15 is 0 Å². The van der Waals surface area contributed by atoms with E-state index < -0.39 is 0 Å². The zero-order valence-corrected chi connectivity index (χ0v) is 10.4. The van der Waals surface area contributed by atoms with Crippen LogP contribution in [0.15, 0.2) is 24.3 Å². The van der Waals surface area contributed by atoms with Gasteiger partial charge in [0, 0.05) is 12.5 Å². The van der Waals surface area contributed by atoms with Gasteiger partial charge in [0.1, 0.15) is 0 Å². The molecule has 0 bridgehead atoms. The van der Waals surface area contributed by atoms with Crippen LogP contribution < -0.4 is 11.1 Å². The Hall–Kier alpha value is -1.13. The molecule has 0 saturated carbocycles. The minimum atomic E-state index is -0.214. The van der Waals surface area contributed by atoms with Gasteiger partial charge in [-0.05, 0) is 19.1 Å². The molecule has 1 aromatic carbocycles. The highest BCUT2D eigenvalue weighted by molar-refractivity contribution is 7.80. The maximum Gasteiger partial charge on any atom is 0.253 e. The van der Waals surface area contributed by atoms with Crippen LogP contribution in [0.2, 0.25) is 5.02 Å². The van der Waals surface area contributed by atoms with E-state index in [-0.39, 0.29) is 11.9 Å². The predicted molar refractivity (Wildman–Crippen MR) is 69.8 cm³/mol. The van der Waals surface area contributed by atoms with Gasteiger partial charge in [-0.2, -0.15) is 0 Å². The summed E-state index contributed by atoms with van der Waals surface area (Å²) < 4.78 is 0. The largest absolute Gasteiger partial charge is 0.393 e. The molecule has 1 amide bonds. The summed E-state index contributed by atoms with van der Waals surface area (Å²) in [5.74, 6) is -0.214. The summed E-state index contributed by atoms with van der Waals surface area (Å²) in [5, 5.41) is 3.21. The van der Waals surface area contributed by atoms with Gasteiger partial charge in [0.05, 0.1) is 15.6 Å². The lowest BCUT2D eigenvalue weighted by molar-refractivity contribution is 0.0941. The summed E-state index contributed by atoms with van der Waals surface area (Å²) in [7, 11) is 0. The van der Waals surface area contributed by atoms with Crippen molar-refractivity contribution in [1.82, 2.24) is 5.32 Å². The third kappa shape index (κ3) is 3.79. The Kier molecular flexibility index (Phi) is 4.71. The van der Waals surface area contributed by atoms with Gasteiger partial charge in [0.2, 0.25) is 0 Å². The van der Waals surface area contributed by atoms with Crippen molar-refractivity contribution in [2.75, 3.05) is 0 Å². The molecule has 86 valence electrons. The van der Waals surface area contributed by atoms with Crippen LogP contribution in [0.4, 0.5) is 0 Å². The Labute approximate surface area is 105 Å². The molecule has 16 heavy (non-hydrogen) atoms. The van der Waals surface area contributed by atoms with Crippen molar-refractivity contribution >= 4 is 34.7 Å². The molecule has 0 spiro atoms. The molecule has 0 radical (unpaired) electrons. The molecule has 0 heterocycles. The highest BCUT2D eigenvalue weighted by atomic mass is 35.5. The highest BCUT2D eigenvalue weighted by Crippen LogP contribution is 2.14. The van der Waals surface area contributed by atoms with Gasteiger partial charge in [-0.1, -0.05) is 36.0 Å². The SMILES string of the molecule is CC(CC(N)=S)NC(=O)c1ccccc1Cl. The number of carbonyl (C=O) groups is 1. The molecule has 3 N–H and O–H groups in total. The van der Waals surface area contributed by atoms with Crippen LogP contribution in [0, 0.1) is 0 Å². The number of carbonyl (C=O) groups excluding carboxylic acids is 1. The number of hydrogen-bond donors (Lipinski definition) is 2. The molecule has 5 heteroatoms. The molecule has 1 aromatic rings. The number of hydrogen-bond acceptors (Lipinski definition) is 2. The maximum atomic E-state index is 11.8. The van der Waals surface area contributed by atoms with E-state index in [1.807, 2.05) is 6.92 Å². The van der Waals surface area contributed by atoms with Crippen LogP contribution in [-0.4, -0.2) is 16.9 Å². The van der Waals surface area contributed by atoms with E-state index in [9.17, 15) is 4.79 Å². The van der Waals surface area contributed by atoms with Crippen LogP contribution in [0.5, 0.6) is 0 Å². The standard InChI is InChI=1S/C11H13ClN2OS/c1-7(6-10(13)16)14-11(15)8-4-2-3-5-9(8)12/h2-5,7H,6H2,1H3,(H2,13,16)(H,14,15). The van der Waals surface area contributed by atoms with Crippen molar-refractivity contribution in [2.24, 2.45) is 5.73 Å². The topological polar surface area (TPSA) is 55.1 Å². The zero-order chi connectivity index (χ0) is 12.1. The number of thiocarbonyl (C=S) groups is 1. The van der Waals surface area contributed by atoms with Gasteiger partial charge in [-0.15, -0.1) is 0 Å². The lowest BCUT2D eigenvalue weighted by Gasteiger charge is -2.13. The van der Waals surface area contributed by atoms with Crippen molar-refractivity contribution in [3.63, 3.8) is 0 Å². The van der Waals surface area contributed by atoms with Crippen LogP contribution in [-0.2, 0) is 0 Å². The summed E-state index contributed by atoms with van der Waals surface area (Å²) in [6, 6.07) is 6.79. The molecule has 1 atom stereocenters. The second-order valence-electron chi connectivity index (χ2n) is 3.52. The average molecular weight is 257 g/mol. The van der Waals surface area contributed by atoms with Crippen molar-refractivity contribution < 1.29 is 4.79 Å². The first-order chi connectivity index (χ1) is 7.50. The summed E-state index contributed by atoms with van der Waals surface area (Å²) in [6.07, 6.45) is 0.478. The van der Waals surface area contributed by atoms with Gasteiger partial charge >= 0.3 is 0 Å². The number of amides is 1. The van der Waals surface area contributed by atoms with Crippen LogP contribution in [0.1, 0.15) is 23.7 Å². The van der Waals surface area contributed by atoms with Crippen molar-refractivity contribution in [3.8, 4) is 0 Å². The summed E-state index contributed by atoms with van der Waals surface area (Å²) >= 11 is 10.7. The first-order valence-electron chi connectivity index (χ1n) is 4.84. The molecule has 0 aliphatic rings. The molecular weight excluding hydrogens is 244 g/mol. The molecular formula is C11H13ClN2OS. The summed E-state index contributed by atoms with van der Waals surface area (Å²) in [6.45, 7) is 1.84. The fraction of sp³-hybridized carbons (Fsp3) is 0.273. The smallest absolute Gasteiger partial charge is 0.253 e. The Morgan fingerprint density at radius 2 is 2.19 bits per heavy atom.